The Kier molecular flexibility index (Phi) is 17.6. The number of aliphatic hydroxyl groups is 2. The summed E-state index contributed by atoms with van der Waals surface area (Å²) in [5.41, 5.74) is -2.74. The van der Waals surface area contributed by atoms with Crippen molar-refractivity contribution in [3.05, 3.63) is 0 Å². The van der Waals surface area contributed by atoms with E-state index >= 15 is 0 Å². The molecule has 0 spiro atoms. The second-order valence-corrected chi connectivity index (χ2v) is 3.93. The van der Waals surface area contributed by atoms with Crippen molar-refractivity contribution in [3.63, 3.8) is 0 Å². The van der Waals surface area contributed by atoms with Crippen molar-refractivity contribution in [1.82, 2.24) is 0 Å². The molecule has 0 aromatic heterocycles. The molecular weight excluding hydrogens is 443 g/mol. The van der Waals surface area contributed by atoms with Crippen LogP contribution in [-0.2, 0) is 62.9 Å². The summed E-state index contributed by atoms with van der Waals surface area (Å²) in [5.74, 6) is -7.86. The number of rotatable bonds is 8. The summed E-state index contributed by atoms with van der Waals surface area (Å²) in [6.07, 6.45) is -4.83. The first kappa shape index (κ1) is 30.4. The van der Waals surface area contributed by atoms with Crippen LogP contribution in [0.3, 0.4) is 0 Å². The Hall–Kier alpha value is -1.48. The molecule has 0 radical (unpaired) electrons. The van der Waals surface area contributed by atoms with Gasteiger partial charge < -0.3 is 35.7 Å². The van der Waals surface area contributed by atoms with Crippen LogP contribution in [-0.4, -0.2) is 77.3 Å². The molecule has 12 nitrogen and oxygen atoms in total. The van der Waals surface area contributed by atoms with Gasteiger partial charge in [0.15, 0.2) is 11.7 Å². The number of hydrogen-bond donors (Lipinski definition) is 7. The Morgan fingerprint density at radius 1 is 0.750 bits per heavy atom. The number of carboxylic acid groups (broad SMARTS) is 5. The predicted octanol–water partition coefficient (Wildman–Crippen LogP) is -2.35. The van der Waals surface area contributed by atoms with Crippen molar-refractivity contribution in [2.24, 2.45) is 0 Å². The Morgan fingerprint density at radius 2 is 1.08 bits per heavy atom. The topological polar surface area (TPSA) is 227 Å². The molecule has 7 N–H and O–H groups in total. The van der Waals surface area contributed by atoms with E-state index in [1.807, 2.05) is 0 Å². The Bertz CT molecular complexity index is 447. The summed E-state index contributed by atoms with van der Waals surface area (Å²) in [7, 11) is 0. The molecule has 0 amide bonds. The number of carbonyl (C=O) groups is 5. The molecule has 0 rings (SSSR count). The van der Waals surface area contributed by atoms with Gasteiger partial charge in [0.05, 0.1) is 19.3 Å². The number of aliphatic hydroxyl groups excluding tert-OH is 1. The zero-order valence-corrected chi connectivity index (χ0v) is 18.2. The fourth-order valence-corrected chi connectivity index (χ4v) is 0.967. The molecule has 0 aliphatic carbocycles. The minimum absolute atomic E-state index is 0. The predicted molar refractivity (Wildman–Crippen MR) is 63.0 cm³/mol. The molecule has 0 saturated carbocycles. The zero-order chi connectivity index (χ0) is 18.1. The van der Waals surface area contributed by atoms with Crippen LogP contribution in [0.1, 0.15) is 19.3 Å². The largest absolute Gasteiger partial charge is 0.481 e. The maximum Gasteiger partial charge on any atom is 0.336 e. The minimum Gasteiger partial charge on any atom is -0.481 e. The maximum absolute atomic E-state index is 10.3. The summed E-state index contributed by atoms with van der Waals surface area (Å²) < 4.78 is 0. The maximum atomic E-state index is 10.3. The monoisotopic (exact) mass is 454 g/mol. The van der Waals surface area contributed by atoms with Crippen molar-refractivity contribution >= 4 is 29.8 Å². The standard InChI is InChI=1S/C6H8O7.C4H6O5.2Zn/c7-3(8)1-6(13,5(11)12)2-4(9)10;5-2(4(8)9)1-3(6)7;;/h13H,1-2H2,(H,7,8)(H,9,10)(H,11,12);2,5H,1H2,(H,6,7)(H,8,9);;. The van der Waals surface area contributed by atoms with E-state index in [1.54, 1.807) is 0 Å². The smallest absolute Gasteiger partial charge is 0.336 e. The van der Waals surface area contributed by atoms with E-state index in [0.717, 1.165) is 0 Å². The number of hydrogen-bond acceptors (Lipinski definition) is 7. The third kappa shape index (κ3) is 15.4. The quantitative estimate of drug-likeness (QED) is 0.190. The van der Waals surface area contributed by atoms with E-state index in [2.05, 4.69) is 0 Å². The van der Waals surface area contributed by atoms with Gasteiger partial charge in [-0.15, -0.1) is 0 Å². The van der Waals surface area contributed by atoms with Gasteiger partial charge in [0, 0.05) is 39.0 Å². The van der Waals surface area contributed by atoms with Gasteiger partial charge in [-0.3, -0.25) is 14.4 Å². The first-order chi connectivity index (χ1) is 9.81. The van der Waals surface area contributed by atoms with Gasteiger partial charge in [0.1, 0.15) is 0 Å². The second-order valence-electron chi connectivity index (χ2n) is 3.93. The fraction of sp³-hybridized carbons (Fsp3) is 0.500. The normalized spacial score (nSPS) is 10.6. The van der Waals surface area contributed by atoms with E-state index in [-0.39, 0.29) is 39.0 Å². The van der Waals surface area contributed by atoms with Crippen LogP contribution >= 0.6 is 0 Å². The molecule has 0 aliphatic heterocycles. The van der Waals surface area contributed by atoms with E-state index < -0.39 is 60.8 Å². The van der Waals surface area contributed by atoms with Crippen LogP contribution in [0.4, 0.5) is 0 Å². The van der Waals surface area contributed by atoms with Crippen molar-refractivity contribution in [2.45, 2.75) is 31.0 Å². The molecule has 1 unspecified atom stereocenters. The molecule has 0 fully saturated rings. The van der Waals surface area contributed by atoms with Crippen molar-refractivity contribution in [1.29, 1.82) is 0 Å². The summed E-state index contributed by atoms with van der Waals surface area (Å²) in [4.78, 5) is 49.9. The third-order valence-corrected chi connectivity index (χ3v) is 1.94. The summed E-state index contributed by atoms with van der Waals surface area (Å²) in [6.45, 7) is 0. The van der Waals surface area contributed by atoms with Gasteiger partial charge in [0.25, 0.3) is 0 Å². The van der Waals surface area contributed by atoms with Crippen molar-refractivity contribution in [3.8, 4) is 0 Å². The fourth-order valence-electron chi connectivity index (χ4n) is 0.967. The van der Waals surface area contributed by atoms with Crippen LogP contribution in [0.2, 0.25) is 0 Å². The SMILES string of the molecule is O=C(O)CC(O)(CC(=O)O)C(=O)O.O=C(O)CC(O)C(=O)O.[Zn].[Zn]. The molecule has 0 heterocycles. The van der Waals surface area contributed by atoms with Crippen LogP contribution < -0.4 is 0 Å². The van der Waals surface area contributed by atoms with E-state index in [4.69, 9.17) is 35.7 Å². The van der Waals surface area contributed by atoms with Crippen LogP contribution in [0.5, 0.6) is 0 Å². The van der Waals surface area contributed by atoms with Gasteiger partial charge in [-0.1, -0.05) is 0 Å². The average molecular weight is 457 g/mol. The third-order valence-electron chi connectivity index (χ3n) is 1.94. The second kappa shape index (κ2) is 13.9. The molecule has 1 atom stereocenters. The molecule has 14 heteroatoms. The minimum atomic E-state index is -2.74. The van der Waals surface area contributed by atoms with Crippen LogP contribution in [0, 0.1) is 0 Å². The van der Waals surface area contributed by atoms with Gasteiger partial charge in [-0.05, 0) is 0 Å². The van der Waals surface area contributed by atoms with Crippen molar-refractivity contribution < 1.29 is 98.7 Å². The average Bonchev–Trinajstić information content (AvgIpc) is 2.25. The Balaban J connectivity index is -0.000000162. The van der Waals surface area contributed by atoms with Crippen LogP contribution in [0.15, 0.2) is 0 Å². The molecule has 130 valence electrons. The van der Waals surface area contributed by atoms with E-state index in [0.29, 0.717) is 0 Å². The van der Waals surface area contributed by atoms with Crippen molar-refractivity contribution in [2.75, 3.05) is 0 Å². The molecule has 0 aromatic carbocycles. The first-order valence-electron chi connectivity index (χ1n) is 5.34. The molecule has 24 heavy (non-hydrogen) atoms. The van der Waals surface area contributed by atoms with E-state index in [9.17, 15) is 24.0 Å². The molecule has 0 aromatic rings. The molecule has 0 aliphatic rings. The van der Waals surface area contributed by atoms with Crippen LogP contribution in [0.25, 0.3) is 0 Å². The number of aliphatic carboxylic acids is 5. The Morgan fingerprint density at radius 3 is 1.21 bits per heavy atom. The van der Waals surface area contributed by atoms with Gasteiger partial charge >= 0.3 is 29.8 Å². The summed E-state index contributed by atoms with van der Waals surface area (Å²) in [6, 6.07) is 0. The summed E-state index contributed by atoms with van der Waals surface area (Å²) >= 11 is 0. The van der Waals surface area contributed by atoms with E-state index in [1.165, 1.54) is 0 Å². The molecular formula is C10H14O12Zn2. The molecule has 0 bridgehead atoms. The number of carboxylic acids is 5. The molecule has 0 saturated heterocycles. The first-order valence-corrected chi connectivity index (χ1v) is 5.34. The Labute approximate surface area is 159 Å². The van der Waals surface area contributed by atoms with Gasteiger partial charge in [-0.25, -0.2) is 9.59 Å². The van der Waals surface area contributed by atoms with Gasteiger partial charge in [0.2, 0.25) is 0 Å². The summed E-state index contributed by atoms with van der Waals surface area (Å²) in [5, 5.41) is 58.0. The zero-order valence-electron chi connectivity index (χ0n) is 12.3. The van der Waals surface area contributed by atoms with Gasteiger partial charge in [-0.2, -0.15) is 0 Å².